The maximum Gasteiger partial charge on any atom is 0.168 e. The van der Waals surface area contributed by atoms with E-state index in [1.165, 1.54) is 0 Å². The maximum atomic E-state index is 10.2. The predicted molar refractivity (Wildman–Crippen MR) is 38.8 cm³/mol. The molecule has 0 aromatic carbocycles. The minimum absolute atomic E-state index is 0.387. The Bertz CT molecular complexity index is 238. The van der Waals surface area contributed by atoms with E-state index < -0.39 is 0 Å². The number of hydrogen-bond donors (Lipinski definition) is 1. The fourth-order valence-electron chi connectivity index (χ4n) is 0.782. The lowest BCUT2D eigenvalue weighted by Crippen LogP contribution is -1.93. The van der Waals surface area contributed by atoms with Gasteiger partial charge in [0.1, 0.15) is 5.69 Å². The third-order valence-corrected chi connectivity index (χ3v) is 1.12. The van der Waals surface area contributed by atoms with Crippen molar-refractivity contribution in [1.82, 2.24) is 4.98 Å². The summed E-state index contributed by atoms with van der Waals surface area (Å²) in [6.07, 6.45) is 0.684. The molecule has 1 rings (SSSR count). The molecule has 52 valence electrons. The van der Waals surface area contributed by atoms with Crippen LogP contribution in [0.1, 0.15) is 16.2 Å². The Hall–Kier alpha value is -1.38. The van der Waals surface area contributed by atoms with Gasteiger partial charge in [0.2, 0.25) is 0 Å². The highest BCUT2D eigenvalue weighted by molar-refractivity contribution is 5.73. The van der Waals surface area contributed by atoms with E-state index in [-0.39, 0.29) is 0 Å². The molecule has 0 amide bonds. The van der Waals surface area contributed by atoms with Crippen molar-refractivity contribution in [2.75, 3.05) is 5.73 Å². The number of nitrogens with zero attached hydrogens (tertiary/aromatic N) is 1. The van der Waals surface area contributed by atoms with Crippen LogP contribution in [0.25, 0.3) is 0 Å². The molecule has 2 N–H and O–H groups in total. The number of rotatable bonds is 1. The number of aldehydes is 1. The first-order valence-corrected chi connectivity index (χ1v) is 2.91. The zero-order valence-corrected chi connectivity index (χ0v) is 5.66. The minimum atomic E-state index is 0.387. The van der Waals surface area contributed by atoms with Crippen molar-refractivity contribution in [2.45, 2.75) is 6.92 Å². The van der Waals surface area contributed by atoms with Gasteiger partial charge in [0.25, 0.3) is 0 Å². The molecular formula is C7H8N2O. The summed E-state index contributed by atoms with van der Waals surface area (Å²) in [5.74, 6) is 0. The SMILES string of the molecule is Cc1cc(N)cc(C=O)n1. The van der Waals surface area contributed by atoms with Gasteiger partial charge in [0.05, 0.1) is 0 Å². The number of aryl methyl sites for hydroxylation is 1. The molecule has 0 aliphatic heterocycles. The van der Waals surface area contributed by atoms with Crippen LogP contribution in [-0.4, -0.2) is 11.3 Å². The van der Waals surface area contributed by atoms with Crippen LogP contribution in [0.15, 0.2) is 12.1 Å². The quantitative estimate of drug-likeness (QED) is 0.580. The zero-order valence-electron chi connectivity index (χ0n) is 5.66. The molecule has 0 spiro atoms. The van der Waals surface area contributed by atoms with Crippen LogP contribution in [0.3, 0.4) is 0 Å². The number of hydrogen-bond acceptors (Lipinski definition) is 3. The standard InChI is InChI=1S/C7H8N2O/c1-5-2-6(8)3-7(4-10)9-5/h2-4H,1H3,(H2,8,9). The monoisotopic (exact) mass is 136 g/mol. The fourth-order valence-corrected chi connectivity index (χ4v) is 0.782. The Labute approximate surface area is 58.9 Å². The molecule has 3 nitrogen and oxygen atoms in total. The van der Waals surface area contributed by atoms with Crippen molar-refractivity contribution in [3.63, 3.8) is 0 Å². The van der Waals surface area contributed by atoms with Crippen molar-refractivity contribution in [3.8, 4) is 0 Å². The Morgan fingerprint density at radius 1 is 1.60 bits per heavy atom. The molecule has 1 aromatic rings. The third-order valence-electron chi connectivity index (χ3n) is 1.12. The smallest absolute Gasteiger partial charge is 0.168 e. The lowest BCUT2D eigenvalue weighted by Gasteiger charge is -1.95. The molecule has 0 bridgehead atoms. The van der Waals surface area contributed by atoms with E-state index in [1.807, 2.05) is 0 Å². The second kappa shape index (κ2) is 2.47. The van der Waals surface area contributed by atoms with Crippen LogP contribution in [0.5, 0.6) is 0 Å². The zero-order chi connectivity index (χ0) is 7.56. The first-order chi connectivity index (χ1) is 4.72. The van der Waals surface area contributed by atoms with E-state index in [0.717, 1.165) is 5.69 Å². The minimum Gasteiger partial charge on any atom is -0.399 e. The van der Waals surface area contributed by atoms with Gasteiger partial charge in [0.15, 0.2) is 6.29 Å². The largest absolute Gasteiger partial charge is 0.399 e. The van der Waals surface area contributed by atoms with E-state index in [4.69, 9.17) is 5.73 Å². The molecule has 1 aromatic heterocycles. The number of nitrogen functional groups attached to an aromatic ring is 1. The van der Waals surface area contributed by atoms with E-state index >= 15 is 0 Å². The summed E-state index contributed by atoms with van der Waals surface area (Å²) in [6.45, 7) is 1.80. The molecule has 0 aliphatic carbocycles. The topological polar surface area (TPSA) is 56.0 Å². The number of carbonyl (C=O) groups is 1. The first-order valence-electron chi connectivity index (χ1n) is 2.91. The summed E-state index contributed by atoms with van der Waals surface area (Å²) in [5.41, 5.74) is 7.17. The van der Waals surface area contributed by atoms with Gasteiger partial charge in [-0.1, -0.05) is 0 Å². The molecule has 0 saturated carbocycles. The fraction of sp³-hybridized carbons (Fsp3) is 0.143. The van der Waals surface area contributed by atoms with Gasteiger partial charge in [-0.2, -0.15) is 0 Å². The summed E-state index contributed by atoms with van der Waals surface area (Å²) in [5, 5.41) is 0. The van der Waals surface area contributed by atoms with Crippen molar-refractivity contribution in [2.24, 2.45) is 0 Å². The number of nitrogens with two attached hydrogens (primary N) is 1. The van der Waals surface area contributed by atoms with Crippen molar-refractivity contribution < 1.29 is 4.79 Å². The lowest BCUT2D eigenvalue weighted by molar-refractivity contribution is 0.111. The predicted octanol–water partition coefficient (Wildman–Crippen LogP) is 0.785. The number of pyridine rings is 1. The number of aromatic nitrogens is 1. The molecule has 0 atom stereocenters. The summed E-state index contributed by atoms with van der Waals surface area (Å²) in [6, 6.07) is 3.26. The highest BCUT2D eigenvalue weighted by atomic mass is 16.1. The molecule has 0 unspecified atom stereocenters. The molecule has 0 aliphatic rings. The van der Waals surface area contributed by atoms with Crippen LogP contribution >= 0.6 is 0 Å². The molecule has 0 fully saturated rings. The third kappa shape index (κ3) is 1.31. The van der Waals surface area contributed by atoms with Crippen LogP contribution in [-0.2, 0) is 0 Å². The summed E-state index contributed by atoms with van der Waals surface area (Å²) in [7, 11) is 0. The van der Waals surface area contributed by atoms with Gasteiger partial charge in [-0.15, -0.1) is 0 Å². The van der Waals surface area contributed by atoms with Gasteiger partial charge >= 0.3 is 0 Å². The van der Waals surface area contributed by atoms with E-state index in [1.54, 1.807) is 19.1 Å². The van der Waals surface area contributed by atoms with Gasteiger partial charge < -0.3 is 5.73 Å². The van der Waals surface area contributed by atoms with Gasteiger partial charge in [-0.3, -0.25) is 9.78 Å². The van der Waals surface area contributed by atoms with Crippen molar-refractivity contribution in [1.29, 1.82) is 0 Å². The van der Waals surface area contributed by atoms with Crippen molar-refractivity contribution >= 4 is 12.0 Å². The van der Waals surface area contributed by atoms with Crippen LogP contribution < -0.4 is 5.73 Å². The van der Waals surface area contributed by atoms with Crippen LogP contribution in [0.4, 0.5) is 5.69 Å². The Morgan fingerprint density at radius 2 is 2.30 bits per heavy atom. The van der Waals surface area contributed by atoms with Crippen LogP contribution in [0.2, 0.25) is 0 Å². The molecule has 1 heterocycles. The molecule has 0 radical (unpaired) electrons. The molecule has 10 heavy (non-hydrogen) atoms. The Balaban J connectivity index is 3.18. The van der Waals surface area contributed by atoms with Gasteiger partial charge in [-0.25, -0.2) is 0 Å². The number of anilines is 1. The van der Waals surface area contributed by atoms with Crippen LogP contribution in [0, 0.1) is 6.92 Å². The average Bonchev–Trinajstić information content (AvgIpc) is 1.85. The maximum absolute atomic E-state index is 10.2. The normalized spacial score (nSPS) is 9.30. The Morgan fingerprint density at radius 3 is 2.80 bits per heavy atom. The second-order valence-electron chi connectivity index (χ2n) is 2.08. The number of carbonyl (C=O) groups excluding carboxylic acids is 1. The summed E-state index contributed by atoms with van der Waals surface area (Å²) >= 11 is 0. The van der Waals surface area contributed by atoms with E-state index in [0.29, 0.717) is 17.7 Å². The average molecular weight is 136 g/mol. The molecular weight excluding hydrogens is 128 g/mol. The molecule has 3 heteroatoms. The summed E-state index contributed by atoms with van der Waals surface area (Å²) < 4.78 is 0. The first kappa shape index (κ1) is 6.74. The van der Waals surface area contributed by atoms with E-state index in [9.17, 15) is 4.79 Å². The highest BCUT2D eigenvalue weighted by Crippen LogP contribution is 2.04. The van der Waals surface area contributed by atoms with E-state index in [2.05, 4.69) is 4.98 Å². The van der Waals surface area contributed by atoms with Gasteiger partial charge in [0, 0.05) is 11.4 Å². The van der Waals surface area contributed by atoms with Gasteiger partial charge in [-0.05, 0) is 19.1 Å². The summed E-state index contributed by atoms with van der Waals surface area (Å²) in [4.78, 5) is 14.1. The highest BCUT2D eigenvalue weighted by Gasteiger charge is 1.93. The second-order valence-corrected chi connectivity index (χ2v) is 2.08. The lowest BCUT2D eigenvalue weighted by atomic mass is 10.3. The molecule has 0 saturated heterocycles. The Kier molecular flexibility index (Phi) is 1.67. The van der Waals surface area contributed by atoms with Crippen molar-refractivity contribution in [3.05, 3.63) is 23.5 Å².